The number of benzene rings is 1. The maximum Gasteiger partial charge on any atom is 0.341 e. The van der Waals surface area contributed by atoms with E-state index < -0.39 is 12.6 Å². The second-order valence-electron chi connectivity index (χ2n) is 5.66. The SMILES string of the molecule is Cc1cc(OCC(=O)O)ccc1NC(=O)c1ccc(OC(C)C)nc1. The minimum absolute atomic E-state index is 0.0108. The average Bonchev–Trinajstić information content (AvgIpc) is 2.55. The van der Waals surface area contributed by atoms with Crippen molar-refractivity contribution in [3.05, 3.63) is 47.7 Å². The fourth-order valence-corrected chi connectivity index (χ4v) is 2.03. The number of aryl methyl sites for hydroxylation is 1. The van der Waals surface area contributed by atoms with Gasteiger partial charge in [0.1, 0.15) is 5.75 Å². The number of carbonyl (C=O) groups excluding carboxylic acids is 1. The largest absolute Gasteiger partial charge is 0.482 e. The summed E-state index contributed by atoms with van der Waals surface area (Å²) in [6.45, 7) is 5.17. The number of ether oxygens (including phenoxy) is 2. The van der Waals surface area contributed by atoms with Crippen LogP contribution < -0.4 is 14.8 Å². The highest BCUT2D eigenvalue weighted by molar-refractivity contribution is 6.04. The molecule has 7 heteroatoms. The zero-order valence-corrected chi connectivity index (χ0v) is 14.3. The molecule has 0 atom stereocenters. The van der Waals surface area contributed by atoms with Crippen molar-refractivity contribution in [3.63, 3.8) is 0 Å². The van der Waals surface area contributed by atoms with Crippen molar-refractivity contribution in [2.45, 2.75) is 26.9 Å². The lowest BCUT2D eigenvalue weighted by Crippen LogP contribution is -2.14. The number of pyridine rings is 1. The van der Waals surface area contributed by atoms with Crippen LogP contribution >= 0.6 is 0 Å². The lowest BCUT2D eigenvalue weighted by Gasteiger charge is -2.11. The van der Waals surface area contributed by atoms with Gasteiger partial charge in [-0.3, -0.25) is 4.79 Å². The van der Waals surface area contributed by atoms with E-state index >= 15 is 0 Å². The highest BCUT2D eigenvalue weighted by atomic mass is 16.5. The monoisotopic (exact) mass is 344 g/mol. The molecule has 0 radical (unpaired) electrons. The van der Waals surface area contributed by atoms with Crippen molar-refractivity contribution >= 4 is 17.6 Å². The Morgan fingerprint density at radius 1 is 1.24 bits per heavy atom. The number of carbonyl (C=O) groups is 2. The van der Waals surface area contributed by atoms with Gasteiger partial charge in [-0.15, -0.1) is 0 Å². The maximum absolute atomic E-state index is 12.3. The molecule has 7 nitrogen and oxygen atoms in total. The molecule has 0 unspecified atom stereocenters. The summed E-state index contributed by atoms with van der Waals surface area (Å²) in [4.78, 5) is 26.9. The maximum atomic E-state index is 12.3. The summed E-state index contributed by atoms with van der Waals surface area (Å²) in [7, 11) is 0. The lowest BCUT2D eigenvalue weighted by atomic mass is 10.1. The lowest BCUT2D eigenvalue weighted by molar-refractivity contribution is -0.139. The first-order valence-electron chi connectivity index (χ1n) is 7.74. The standard InChI is InChI=1S/C18H20N2O5/c1-11(2)25-16-7-4-13(9-19-16)18(23)20-15-6-5-14(8-12(15)3)24-10-17(21)22/h4-9,11H,10H2,1-3H3,(H,20,23)(H,21,22). The molecular weight excluding hydrogens is 324 g/mol. The molecule has 25 heavy (non-hydrogen) atoms. The van der Waals surface area contributed by atoms with Crippen molar-refractivity contribution in [1.82, 2.24) is 4.98 Å². The minimum atomic E-state index is -1.05. The van der Waals surface area contributed by atoms with Gasteiger partial charge in [0.15, 0.2) is 6.61 Å². The Morgan fingerprint density at radius 3 is 2.56 bits per heavy atom. The van der Waals surface area contributed by atoms with E-state index in [0.717, 1.165) is 5.56 Å². The van der Waals surface area contributed by atoms with Crippen LogP contribution in [-0.4, -0.2) is 34.7 Å². The molecule has 1 aromatic carbocycles. The Bertz CT molecular complexity index is 757. The van der Waals surface area contributed by atoms with Crippen molar-refractivity contribution in [3.8, 4) is 11.6 Å². The van der Waals surface area contributed by atoms with Gasteiger partial charge in [-0.1, -0.05) is 0 Å². The summed E-state index contributed by atoms with van der Waals surface area (Å²) in [5.74, 6) is -0.462. The Hall–Kier alpha value is -3.09. The van der Waals surface area contributed by atoms with Crippen LogP contribution in [0.1, 0.15) is 29.8 Å². The first kappa shape index (κ1) is 18.3. The summed E-state index contributed by atoms with van der Waals surface area (Å²) >= 11 is 0. The summed E-state index contributed by atoms with van der Waals surface area (Å²) < 4.78 is 10.5. The van der Waals surface area contributed by atoms with Gasteiger partial charge >= 0.3 is 5.97 Å². The fraction of sp³-hybridized carbons (Fsp3) is 0.278. The topological polar surface area (TPSA) is 97.8 Å². The van der Waals surface area contributed by atoms with Crippen LogP contribution in [0, 0.1) is 6.92 Å². The quantitative estimate of drug-likeness (QED) is 0.801. The molecule has 2 N–H and O–H groups in total. The highest BCUT2D eigenvalue weighted by Crippen LogP contribution is 2.22. The molecule has 2 aromatic rings. The van der Waals surface area contributed by atoms with E-state index in [1.807, 2.05) is 13.8 Å². The van der Waals surface area contributed by atoms with E-state index in [1.165, 1.54) is 6.20 Å². The third kappa shape index (κ3) is 5.49. The Kier molecular flexibility index (Phi) is 5.94. The van der Waals surface area contributed by atoms with E-state index in [1.54, 1.807) is 37.3 Å². The number of hydrogen-bond acceptors (Lipinski definition) is 5. The molecule has 0 spiro atoms. The second kappa shape index (κ2) is 8.14. The third-order valence-electron chi connectivity index (χ3n) is 3.16. The molecular formula is C18H20N2O5. The van der Waals surface area contributed by atoms with Crippen LogP contribution in [0.5, 0.6) is 11.6 Å². The van der Waals surface area contributed by atoms with Crippen LogP contribution in [0.2, 0.25) is 0 Å². The van der Waals surface area contributed by atoms with E-state index in [0.29, 0.717) is 22.9 Å². The van der Waals surface area contributed by atoms with Crippen molar-refractivity contribution < 1.29 is 24.2 Å². The van der Waals surface area contributed by atoms with Gasteiger partial charge in [0, 0.05) is 18.0 Å². The normalized spacial score (nSPS) is 10.4. The van der Waals surface area contributed by atoms with E-state index in [4.69, 9.17) is 14.6 Å². The summed E-state index contributed by atoms with van der Waals surface area (Å²) in [6, 6.07) is 8.21. The predicted molar refractivity (Wildman–Crippen MR) is 92.3 cm³/mol. The van der Waals surface area contributed by atoms with Gasteiger partial charge in [-0.25, -0.2) is 9.78 Å². The summed E-state index contributed by atoms with van der Waals surface area (Å²) in [5, 5.41) is 11.4. The van der Waals surface area contributed by atoms with Gasteiger partial charge in [0.05, 0.1) is 11.7 Å². The minimum Gasteiger partial charge on any atom is -0.482 e. The Morgan fingerprint density at radius 2 is 2.00 bits per heavy atom. The summed E-state index contributed by atoms with van der Waals surface area (Å²) in [6.07, 6.45) is 1.46. The Balaban J connectivity index is 2.03. The van der Waals surface area contributed by atoms with Crippen LogP contribution in [-0.2, 0) is 4.79 Å². The molecule has 0 saturated carbocycles. The highest BCUT2D eigenvalue weighted by Gasteiger charge is 2.10. The number of aliphatic carboxylic acids is 1. The van der Waals surface area contributed by atoms with E-state index in [2.05, 4.69) is 10.3 Å². The van der Waals surface area contributed by atoms with Gasteiger partial charge in [-0.2, -0.15) is 0 Å². The smallest absolute Gasteiger partial charge is 0.341 e. The molecule has 1 heterocycles. The fourth-order valence-electron chi connectivity index (χ4n) is 2.03. The second-order valence-corrected chi connectivity index (χ2v) is 5.66. The molecule has 1 aromatic heterocycles. The zero-order chi connectivity index (χ0) is 18.4. The predicted octanol–water partition coefficient (Wildman–Crippen LogP) is 2.89. The van der Waals surface area contributed by atoms with Gasteiger partial charge in [-0.05, 0) is 50.6 Å². The number of nitrogens with zero attached hydrogens (tertiary/aromatic N) is 1. The van der Waals surface area contributed by atoms with Crippen molar-refractivity contribution in [1.29, 1.82) is 0 Å². The number of nitrogens with one attached hydrogen (secondary N) is 1. The molecule has 0 aliphatic carbocycles. The Labute approximate surface area is 145 Å². The van der Waals surface area contributed by atoms with Crippen LogP contribution in [0.4, 0.5) is 5.69 Å². The van der Waals surface area contributed by atoms with Crippen LogP contribution in [0.15, 0.2) is 36.5 Å². The number of anilines is 1. The number of rotatable bonds is 7. The zero-order valence-electron chi connectivity index (χ0n) is 14.3. The van der Waals surface area contributed by atoms with Crippen LogP contribution in [0.3, 0.4) is 0 Å². The molecule has 0 fully saturated rings. The average molecular weight is 344 g/mol. The number of aromatic nitrogens is 1. The molecule has 0 bridgehead atoms. The molecule has 0 saturated heterocycles. The molecule has 1 amide bonds. The number of carboxylic acids is 1. The summed E-state index contributed by atoms with van der Waals surface area (Å²) in [5.41, 5.74) is 1.76. The molecule has 0 aliphatic rings. The number of hydrogen-bond donors (Lipinski definition) is 2. The van der Waals surface area contributed by atoms with Crippen molar-refractivity contribution in [2.24, 2.45) is 0 Å². The third-order valence-corrected chi connectivity index (χ3v) is 3.16. The van der Waals surface area contributed by atoms with Gasteiger partial charge in [0.25, 0.3) is 5.91 Å². The van der Waals surface area contributed by atoms with Gasteiger partial charge in [0.2, 0.25) is 5.88 Å². The van der Waals surface area contributed by atoms with E-state index in [9.17, 15) is 9.59 Å². The van der Waals surface area contributed by atoms with Crippen molar-refractivity contribution in [2.75, 3.05) is 11.9 Å². The molecule has 132 valence electrons. The van der Waals surface area contributed by atoms with Crippen LogP contribution in [0.25, 0.3) is 0 Å². The number of amides is 1. The number of carboxylic acid groups (broad SMARTS) is 1. The first-order valence-corrected chi connectivity index (χ1v) is 7.74. The first-order chi connectivity index (χ1) is 11.8. The molecule has 2 rings (SSSR count). The molecule has 0 aliphatic heterocycles. The van der Waals surface area contributed by atoms with Gasteiger partial charge < -0.3 is 19.9 Å². The van der Waals surface area contributed by atoms with E-state index in [-0.39, 0.29) is 12.0 Å².